The van der Waals surface area contributed by atoms with Crippen LogP contribution in [0.5, 0.6) is 0 Å². The zero-order valence-electron chi connectivity index (χ0n) is 5.69. The van der Waals surface area contributed by atoms with E-state index in [1.165, 1.54) is 25.7 Å². The lowest BCUT2D eigenvalue weighted by atomic mass is 10.2. The van der Waals surface area contributed by atoms with Crippen LogP contribution < -0.4 is 5.73 Å². The Bertz CT molecular complexity index is 29.4. The van der Waals surface area contributed by atoms with Crippen LogP contribution in [-0.2, 0) is 0 Å². The molecule has 0 heterocycles. The van der Waals surface area contributed by atoms with Crippen molar-refractivity contribution in [3.05, 3.63) is 6.42 Å². The minimum atomic E-state index is 0.740. The summed E-state index contributed by atoms with van der Waals surface area (Å²) in [7, 11) is 0. The molecule has 8 heavy (non-hydrogen) atoms. The second-order valence-electron chi connectivity index (χ2n) is 2.02. The standard InChI is InChI=1S/C7H16N/c1-2-3-4-5-6-7-8/h6H,2-5,7-8H2,1H3. The van der Waals surface area contributed by atoms with Crippen LogP contribution in [-0.4, -0.2) is 6.54 Å². The van der Waals surface area contributed by atoms with Gasteiger partial charge in [-0.05, 0) is 19.4 Å². The summed E-state index contributed by atoms with van der Waals surface area (Å²) in [5.74, 6) is 0. The van der Waals surface area contributed by atoms with Gasteiger partial charge in [-0.1, -0.05) is 26.2 Å². The molecule has 0 fully saturated rings. The highest BCUT2D eigenvalue weighted by atomic mass is 14.5. The smallest absolute Gasteiger partial charge is 0.00457 e. The Kier molecular flexibility index (Phi) is 6.93. The average molecular weight is 114 g/mol. The fourth-order valence-corrected chi connectivity index (χ4v) is 0.657. The summed E-state index contributed by atoms with van der Waals surface area (Å²) >= 11 is 0. The van der Waals surface area contributed by atoms with Gasteiger partial charge in [-0.2, -0.15) is 0 Å². The Morgan fingerprint density at radius 2 is 2.12 bits per heavy atom. The molecule has 0 saturated carbocycles. The van der Waals surface area contributed by atoms with E-state index < -0.39 is 0 Å². The molecule has 1 radical (unpaired) electrons. The maximum Gasteiger partial charge on any atom is -0.00457 e. The van der Waals surface area contributed by atoms with E-state index in [9.17, 15) is 0 Å². The predicted octanol–water partition coefficient (Wildman–Crippen LogP) is 1.73. The van der Waals surface area contributed by atoms with Crippen LogP contribution in [0.15, 0.2) is 0 Å². The minimum absolute atomic E-state index is 0.740. The molecular weight excluding hydrogens is 98.1 g/mol. The highest BCUT2D eigenvalue weighted by Gasteiger charge is 1.83. The van der Waals surface area contributed by atoms with E-state index >= 15 is 0 Å². The molecule has 0 aromatic carbocycles. The van der Waals surface area contributed by atoms with Crippen molar-refractivity contribution in [3.63, 3.8) is 0 Å². The quantitative estimate of drug-likeness (QED) is 0.541. The van der Waals surface area contributed by atoms with Crippen molar-refractivity contribution in [3.8, 4) is 0 Å². The van der Waals surface area contributed by atoms with Gasteiger partial charge >= 0.3 is 0 Å². The number of rotatable bonds is 5. The lowest BCUT2D eigenvalue weighted by Crippen LogP contribution is -1.98. The van der Waals surface area contributed by atoms with Crippen LogP contribution in [0, 0.1) is 6.42 Å². The Morgan fingerprint density at radius 1 is 1.38 bits per heavy atom. The first kappa shape index (κ1) is 7.96. The van der Waals surface area contributed by atoms with Crippen LogP contribution in [0.25, 0.3) is 0 Å². The van der Waals surface area contributed by atoms with Crippen molar-refractivity contribution >= 4 is 0 Å². The van der Waals surface area contributed by atoms with Crippen molar-refractivity contribution < 1.29 is 0 Å². The summed E-state index contributed by atoms with van der Waals surface area (Å²) in [6.45, 7) is 2.95. The SMILES string of the molecule is CCCCC[CH]CN. The first-order valence-corrected chi connectivity index (χ1v) is 3.43. The zero-order chi connectivity index (χ0) is 6.24. The third kappa shape index (κ3) is 5.96. The maximum absolute atomic E-state index is 5.26. The van der Waals surface area contributed by atoms with E-state index in [1.807, 2.05) is 0 Å². The molecule has 49 valence electrons. The molecule has 1 nitrogen and oxygen atoms in total. The summed E-state index contributed by atoms with van der Waals surface area (Å²) in [4.78, 5) is 0. The van der Waals surface area contributed by atoms with Gasteiger partial charge in [-0.3, -0.25) is 0 Å². The summed E-state index contributed by atoms with van der Waals surface area (Å²) in [6.07, 6.45) is 7.29. The van der Waals surface area contributed by atoms with Gasteiger partial charge in [-0.15, -0.1) is 0 Å². The first-order chi connectivity index (χ1) is 3.91. The fourth-order valence-electron chi connectivity index (χ4n) is 0.657. The van der Waals surface area contributed by atoms with E-state index in [4.69, 9.17) is 5.73 Å². The number of hydrogen-bond acceptors (Lipinski definition) is 1. The van der Waals surface area contributed by atoms with E-state index in [0.29, 0.717) is 0 Å². The minimum Gasteiger partial charge on any atom is -0.330 e. The fraction of sp³-hybridized carbons (Fsp3) is 0.857. The van der Waals surface area contributed by atoms with Gasteiger partial charge in [0.05, 0.1) is 0 Å². The van der Waals surface area contributed by atoms with Gasteiger partial charge < -0.3 is 5.73 Å². The monoisotopic (exact) mass is 114 g/mol. The molecule has 0 unspecified atom stereocenters. The van der Waals surface area contributed by atoms with E-state index in [1.54, 1.807) is 0 Å². The zero-order valence-corrected chi connectivity index (χ0v) is 5.69. The Hall–Kier alpha value is -0.0400. The largest absolute Gasteiger partial charge is 0.330 e. The third-order valence-electron chi connectivity index (χ3n) is 1.18. The second-order valence-corrected chi connectivity index (χ2v) is 2.02. The molecule has 0 rings (SSSR count). The van der Waals surface area contributed by atoms with Gasteiger partial charge in [0.25, 0.3) is 0 Å². The molecule has 0 saturated heterocycles. The van der Waals surface area contributed by atoms with E-state index in [0.717, 1.165) is 6.54 Å². The molecule has 0 amide bonds. The predicted molar refractivity (Wildman–Crippen MR) is 37.5 cm³/mol. The molecule has 0 aliphatic carbocycles. The molecular formula is C7H16N. The highest BCUT2D eigenvalue weighted by molar-refractivity contribution is 4.63. The summed E-state index contributed by atoms with van der Waals surface area (Å²) in [6, 6.07) is 0. The molecule has 1 heteroatoms. The molecule has 0 spiro atoms. The molecule has 0 aliphatic heterocycles. The molecule has 0 aromatic rings. The third-order valence-corrected chi connectivity index (χ3v) is 1.18. The van der Waals surface area contributed by atoms with Crippen molar-refractivity contribution in [1.82, 2.24) is 0 Å². The van der Waals surface area contributed by atoms with Crippen molar-refractivity contribution in [2.24, 2.45) is 5.73 Å². The number of hydrogen-bond donors (Lipinski definition) is 1. The van der Waals surface area contributed by atoms with Crippen molar-refractivity contribution in [2.45, 2.75) is 32.6 Å². The Morgan fingerprint density at radius 3 is 2.62 bits per heavy atom. The van der Waals surface area contributed by atoms with Crippen molar-refractivity contribution in [1.29, 1.82) is 0 Å². The number of unbranched alkanes of at least 4 members (excludes halogenated alkanes) is 4. The van der Waals surface area contributed by atoms with E-state index in [2.05, 4.69) is 13.3 Å². The van der Waals surface area contributed by atoms with E-state index in [-0.39, 0.29) is 0 Å². The van der Waals surface area contributed by atoms with Crippen molar-refractivity contribution in [2.75, 3.05) is 6.54 Å². The van der Waals surface area contributed by atoms with Crippen LogP contribution in [0.3, 0.4) is 0 Å². The first-order valence-electron chi connectivity index (χ1n) is 3.43. The molecule has 0 aliphatic rings. The lowest BCUT2D eigenvalue weighted by molar-refractivity contribution is 0.704. The second kappa shape index (κ2) is 6.96. The average Bonchev–Trinajstić information content (AvgIpc) is 1.81. The Labute approximate surface area is 52.3 Å². The molecule has 2 N–H and O–H groups in total. The lowest BCUT2D eigenvalue weighted by Gasteiger charge is -1.93. The van der Waals surface area contributed by atoms with Crippen LogP contribution in [0.1, 0.15) is 32.6 Å². The summed E-state index contributed by atoms with van der Waals surface area (Å²) < 4.78 is 0. The molecule has 0 atom stereocenters. The van der Waals surface area contributed by atoms with Crippen LogP contribution in [0.4, 0.5) is 0 Å². The molecule has 0 bridgehead atoms. The molecule has 0 aromatic heterocycles. The maximum atomic E-state index is 5.26. The van der Waals surface area contributed by atoms with Gasteiger partial charge in [0.1, 0.15) is 0 Å². The summed E-state index contributed by atoms with van der Waals surface area (Å²) in [5.41, 5.74) is 5.26. The van der Waals surface area contributed by atoms with Gasteiger partial charge in [0.15, 0.2) is 0 Å². The normalized spacial score (nSPS) is 9.75. The van der Waals surface area contributed by atoms with Crippen LogP contribution in [0.2, 0.25) is 0 Å². The summed E-state index contributed by atoms with van der Waals surface area (Å²) in [5, 5.41) is 0. The highest BCUT2D eigenvalue weighted by Crippen LogP contribution is 1.99. The van der Waals surface area contributed by atoms with Gasteiger partial charge in [-0.25, -0.2) is 0 Å². The Balaban J connectivity index is 2.53. The van der Waals surface area contributed by atoms with Gasteiger partial charge in [0.2, 0.25) is 0 Å². The van der Waals surface area contributed by atoms with Gasteiger partial charge in [0, 0.05) is 0 Å². The number of nitrogens with two attached hydrogens (primary N) is 1. The van der Waals surface area contributed by atoms with Crippen LogP contribution >= 0.6 is 0 Å². The topological polar surface area (TPSA) is 26.0 Å².